The number of benzene rings is 4. The summed E-state index contributed by atoms with van der Waals surface area (Å²) in [5, 5.41) is 13.8. The number of ether oxygens (including phenoxy) is 4. The second-order valence-corrected chi connectivity index (χ2v) is 10.7. The highest BCUT2D eigenvalue weighted by atomic mass is 16.6. The van der Waals surface area contributed by atoms with Crippen molar-refractivity contribution in [3.8, 4) is 0 Å². The van der Waals surface area contributed by atoms with E-state index in [1.165, 1.54) is 97.1 Å². The summed E-state index contributed by atoms with van der Waals surface area (Å²) in [7, 11) is 0. The third kappa shape index (κ3) is 11.0. The molecule has 20 heteroatoms. The number of hydrogen-bond donors (Lipinski definition) is 0. The summed E-state index contributed by atoms with van der Waals surface area (Å²) in [6.07, 6.45) is 0. The van der Waals surface area contributed by atoms with Gasteiger partial charge in [-0.25, -0.2) is 19.2 Å². The van der Waals surface area contributed by atoms with Gasteiger partial charge in [0.2, 0.25) is 0 Å². The van der Waals surface area contributed by atoms with Crippen molar-refractivity contribution < 1.29 is 38.1 Å². The van der Waals surface area contributed by atoms with Crippen molar-refractivity contribution in [3.63, 3.8) is 0 Å². The van der Waals surface area contributed by atoms with Crippen molar-refractivity contribution in [2.24, 2.45) is 25.9 Å². The Morgan fingerprint density at radius 2 is 0.585 bits per heavy atom. The Kier molecular flexibility index (Phi) is 13.3. The zero-order valence-corrected chi connectivity index (χ0v) is 27.2. The molecule has 4 rings (SSSR count). The van der Waals surface area contributed by atoms with E-state index >= 15 is 0 Å². The van der Waals surface area contributed by atoms with Crippen LogP contribution in [-0.2, 0) is 18.9 Å². The topological polar surface area (TPSA) is 300 Å². The maximum absolute atomic E-state index is 13.1. The molecular formula is C33H24N12O8. The minimum atomic E-state index is -1.72. The summed E-state index contributed by atoms with van der Waals surface area (Å²) < 4.78 is 22.3. The van der Waals surface area contributed by atoms with Crippen molar-refractivity contribution >= 4 is 46.6 Å². The van der Waals surface area contributed by atoms with Gasteiger partial charge in [-0.2, -0.15) is 0 Å². The van der Waals surface area contributed by atoms with E-state index in [4.69, 9.17) is 41.1 Å². The predicted octanol–water partition coefficient (Wildman–Crippen LogP) is 9.17. The van der Waals surface area contributed by atoms with Gasteiger partial charge in [-0.05, 0) is 70.7 Å². The van der Waals surface area contributed by atoms with E-state index in [1.54, 1.807) is 0 Å². The zero-order chi connectivity index (χ0) is 38.1. The number of azide groups is 4. The minimum Gasteiger partial charge on any atom is -0.461 e. The van der Waals surface area contributed by atoms with Crippen molar-refractivity contribution in [3.05, 3.63) is 161 Å². The summed E-state index contributed by atoms with van der Waals surface area (Å²) in [6, 6.07) is 21.8. The Hall–Kier alpha value is -8.00. The first kappa shape index (κ1) is 37.8. The van der Waals surface area contributed by atoms with E-state index in [0.29, 0.717) is 0 Å². The maximum Gasteiger partial charge on any atom is 0.338 e. The lowest BCUT2D eigenvalue weighted by atomic mass is 9.92. The van der Waals surface area contributed by atoms with Crippen LogP contribution in [0.5, 0.6) is 0 Å². The Morgan fingerprint density at radius 3 is 0.755 bits per heavy atom. The highest BCUT2D eigenvalue weighted by molar-refractivity contribution is 5.91. The van der Waals surface area contributed by atoms with Crippen LogP contribution in [0.25, 0.3) is 41.8 Å². The number of rotatable bonds is 16. The van der Waals surface area contributed by atoms with E-state index in [-0.39, 0.29) is 45.0 Å². The highest BCUT2D eigenvalue weighted by Crippen LogP contribution is 2.26. The summed E-state index contributed by atoms with van der Waals surface area (Å²) in [4.78, 5) is 63.3. The fourth-order valence-corrected chi connectivity index (χ4v) is 4.32. The molecule has 0 atom stereocenters. The molecule has 0 aliphatic carbocycles. The molecule has 0 unspecified atom stereocenters. The first-order valence-corrected chi connectivity index (χ1v) is 15.0. The van der Waals surface area contributed by atoms with Crippen molar-refractivity contribution in [2.75, 3.05) is 26.4 Å². The molecule has 0 saturated heterocycles. The number of hydrogen-bond acceptors (Lipinski definition) is 12. The summed E-state index contributed by atoms with van der Waals surface area (Å²) >= 11 is 0. The summed E-state index contributed by atoms with van der Waals surface area (Å²) in [5.74, 6) is -3.49. The SMILES string of the molecule is [N-]=[N+]=Nc1ccc(C(=O)OCC(COC(=O)c2ccc(N=[N+]=[N-])cc2)(COC(=O)c2ccc(N=[N+]=[N-])cc2)COC(=O)c2ccc(N=[N+]=[N-])cc2)cc1. The van der Waals surface area contributed by atoms with E-state index in [1.807, 2.05) is 0 Å². The van der Waals surface area contributed by atoms with Gasteiger partial charge in [-0.3, -0.25) is 0 Å². The fraction of sp³-hybridized carbons (Fsp3) is 0.152. The van der Waals surface area contributed by atoms with Gasteiger partial charge < -0.3 is 18.9 Å². The van der Waals surface area contributed by atoms with E-state index < -0.39 is 55.7 Å². The van der Waals surface area contributed by atoms with Gasteiger partial charge in [0.1, 0.15) is 31.8 Å². The van der Waals surface area contributed by atoms with Crippen LogP contribution in [-0.4, -0.2) is 50.3 Å². The molecule has 0 bridgehead atoms. The van der Waals surface area contributed by atoms with Gasteiger partial charge in [0.25, 0.3) is 0 Å². The van der Waals surface area contributed by atoms with Crippen LogP contribution >= 0.6 is 0 Å². The Morgan fingerprint density at radius 1 is 0.396 bits per heavy atom. The fourth-order valence-electron chi connectivity index (χ4n) is 4.32. The van der Waals surface area contributed by atoms with Crippen molar-refractivity contribution in [1.29, 1.82) is 0 Å². The lowest BCUT2D eigenvalue weighted by molar-refractivity contribution is -0.0641. The number of esters is 4. The van der Waals surface area contributed by atoms with Crippen molar-refractivity contribution in [2.45, 2.75) is 0 Å². The van der Waals surface area contributed by atoms with Crippen LogP contribution in [0.1, 0.15) is 41.4 Å². The third-order valence-electron chi connectivity index (χ3n) is 7.09. The molecule has 20 nitrogen and oxygen atoms in total. The Labute approximate surface area is 298 Å². The quantitative estimate of drug-likeness (QED) is 0.0353. The second-order valence-electron chi connectivity index (χ2n) is 10.7. The standard InChI is InChI=1S/C33H24N12O8/c34-42-38-25-9-1-21(2-10-25)29(46)50-17-33(18-51-30(47)22-3-11-26(12-4-22)39-43-35,19-52-31(48)23-5-13-27(14-6-23)40-44-36)20-53-32(49)24-7-15-28(16-8-24)41-45-37/h1-16H,17-20H2. The molecule has 0 radical (unpaired) electrons. The van der Waals surface area contributed by atoms with Crippen LogP contribution in [0.4, 0.5) is 22.7 Å². The smallest absolute Gasteiger partial charge is 0.338 e. The van der Waals surface area contributed by atoms with Crippen LogP contribution in [0.3, 0.4) is 0 Å². The molecule has 4 aromatic rings. The van der Waals surface area contributed by atoms with Crippen LogP contribution < -0.4 is 0 Å². The minimum absolute atomic E-state index is 0.0436. The Balaban J connectivity index is 1.64. The van der Waals surface area contributed by atoms with Gasteiger partial charge in [0.15, 0.2) is 0 Å². The van der Waals surface area contributed by atoms with Gasteiger partial charge in [-0.15, -0.1) is 0 Å². The zero-order valence-electron chi connectivity index (χ0n) is 27.2. The molecule has 0 fully saturated rings. The molecule has 4 aromatic carbocycles. The van der Waals surface area contributed by atoms with Crippen LogP contribution in [0.2, 0.25) is 0 Å². The van der Waals surface area contributed by atoms with Gasteiger partial charge in [-0.1, -0.05) is 69.0 Å². The Bertz CT molecular complexity index is 1850. The second kappa shape index (κ2) is 18.7. The molecule has 53 heavy (non-hydrogen) atoms. The summed E-state index contributed by atoms with van der Waals surface area (Å²) in [6.45, 7) is -2.50. The van der Waals surface area contributed by atoms with E-state index in [0.717, 1.165) is 0 Å². The molecular weight excluding hydrogens is 692 g/mol. The monoisotopic (exact) mass is 716 g/mol. The largest absolute Gasteiger partial charge is 0.461 e. The number of carbonyl (C=O) groups is 4. The molecule has 0 aromatic heterocycles. The molecule has 0 spiro atoms. The normalized spacial score (nSPS) is 11.0. The maximum atomic E-state index is 13.1. The van der Waals surface area contributed by atoms with Crippen LogP contribution in [0.15, 0.2) is 118 Å². The van der Waals surface area contributed by atoms with E-state index in [2.05, 4.69) is 40.1 Å². The van der Waals surface area contributed by atoms with Gasteiger partial charge >= 0.3 is 23.9 Å². The first-order chi connectivity index (χ1) is 25.7. The van der Waals surface area contributed by atoms with Gasteiger partial charge in [0, 0.05) is 42.4 Å². The van der Waals surface area contributed by atoms with E-state index in [9.17, 15) is 19.2 Å². The van der Waals surface area contributed by atoms with Crippen LogP contribution in [0, 0.1) is 5.41 Å². The third-order valence-corrected chi connectivity index (χ3v) is 7.09. The summed E-state index contributed by atoms with van der Waals surface area (Å²) in [5.41, 5.74) is 34.1. The molecule has 0 aliphatic heterocycles. The van der Waals surface area contributed by atoms with Gasteiger partial charge in [0.05, 0.1) is 22.3 Å². The highest BCUT2D eigenvalue weighted by Gasteiger charge is 2.38. The molecule has 0 saturated carbocycles. The molecule has 0 N–H and O–H groups in total. The molecule has 264 valence electrons. The predicted molar refractivity (Wildman–Crippen MR) is 185 cm³/mol. The average Bonchev–Trinajstić information content (AvgIpc) is 3.18. The lowest BCUT2D eigenvalue weighted by Gasteiger charge is -2.31. The van der Waals surface area contributed by atoms with Crippen molar-refractivity contribution in [1.82, 2.24) is 0 Å². The average molecular weight is 717 g/mol. The number of carbonyl (C=O) groups excluding carboxylic acids is 4. The number of nitrogens with zero attached hydrogens (tertiary/aromatic N) is 12. The molecule has 0 heterocycles. The molecule has 0 amide bonds. The molecule has 0 aliphatic rings. The first-order valence-electron chi connectivity index (χ1n) is 15.0. The lowest BCUT2D eigenvalue weighted by Crippen LogP contribution is -2.44.